The number of hydrogen-bond donors (Lipinski definition) is 2. The molecule has 0 spiro atoms. The number of ether oxygens (including phenoxy) is 1. The standard InChI is InChI=1S/C13H16ClNO4S/c1-19-11-4-2-3-10(14)9(11)7-12(16)15-5-6-20-8-13(17)18/h2-4H,5-8H2,1H3,(H,15,16)(H,17,18). The molecule has 0 bridgehead atoms. The van der Waals surface area contributed by atoms with Gasteiger partial charge in [0.05, 0.1) is 19.3 Å². The van der Waals surface area contributed by atoms with Crippen molar-refractivity contribution in [3.05, 3.63) is 28.8 Å². The van der Waals surface area contributed by atoms with Gasteiger partial charge in [0.1, 0.15) is 5.75 Å². The molecule has 1 aromatic rings. The first-order valence-corrected chi connectivity index (χ1v) is 7.45. The molecule has 0 saturated heterocycles. The molecule has 0 aliphatic carbocycles. The molecule has 1 amide bonds. The van der Waals surface area contributed by atoms with Gasteiger partial charge in [0.2, 0.25) is 5.91 Å². The molecule has 20 heavy (non-hydrogen) atoms. The molecule has 0 aliphatic heterocycles. The summed E-state index contributed by atoms with van der Waals surface area (Å²) in [6, 6.07) is 5.21. The Bertz CT molecular complexity index is 481. The minimum Gasteiger partial charge on any atom is -0.496 e. The maximum absolute atomic E-state index is 11.8. The third kappa shape index (κ3) is 5.71. The smallest absolute Gasteiger partial charge is 0.313 e. The van der Waals surface area contributed by atoms with Gasteiger partial charge < -0.3 is 15.2 Å². The summed E-state index contributed by atoms with van der Waals surface area (Å²) < 4.78 is 5.16. The number of carboxylic acid groups (broad SMARTS) is 1. The second kappa shape index (κ2) is 8.71. The van der Waals surface area contributed by atoms with Gasteiger partial charge in [-0.2, -0.15) is 0 Å². The lowest BCUT2D eigenvalue weighted by Gasteiger charge is -2.10. The second-order valence-electron chi connectivity index (χ2n) is 3.89. The Balaban J connectivity index is 2.41. The van der Waals surface area contributed by atoms with Gasteiger partial charge in [0, 0.05) is 22.9 Å². The van der Waals surface area contributed by atoms with Crippen molar-refractivity contribution >= 4 is 35.2 Å². The normalized spacial score (nSPS) is 10.1. The first kappa shape index (κ1) is 16.7. The van der Waals surface area contributed by atoms with E-state index in [0.717, 1.165) is 0 Å². The van der Waals surface area contributed by atoms with E-state index in [-0.39, 0.29) is 18.1 Å². The number of carbonyl (C=O) groups excluding carboxylic acids is 1. The van der Waals surface area contributed by atoms with Gasteiger partial charge >= 0.3 is 5.97 Å². The third-order valence-electron chi connectivity index (χ3n) is 2.43. The Labute approximate surface area is 126 Å². The van der Waals surface area contributed by atoms with Crippen molar-refractivity contribution in [3.8, 4) is 5.75 Å². The number of benzene rings is 1. The molecule has 0 radical (unpaired) electrons. The highest BCUT2D eigenvalue weighted by Crippen LogP contribution is 2.26. The first-order chi connectivity index (χ1) is 9.54. The lowest BCUT2D eigenvalue weighted by molar-refractivity contribution is -0.133. The molecule has 110 valence electrons. The number of aliphatic carboxylic acids is 1. The number of methoxy groups -OCH3 is 1. The van der Waals surface area contributed by atoms with E-state index >= 15 is 0 Å². The van der Waals surface area contributed by atoms with Crippen molar-refractivity contribution in [2.75, 3.05) is 25.2 Å². The summed E-state index contributed by atoms with van der Waals surface area (Å²) >= 11 is 7.30. The highest BCUT2D eigenvalue weighted by atomic mass is 35.5. The van der Waals surface area contributed by atoms with Gasteiger partial charge in [0.15, 0.2) is 0 Å². The molecule has 0 saturated carbocycles. The second-order valence-corrected chi connectivity index (χ2v) is 5.41. The summed E-state index contributed by atoms with van der Waals surface area (Å²) in [4.78, 5) is 22.1. The number of carbonyl (C=O) groups is 2. The van der Waals surface area contributed by atoms with Gasteiger partial charge in [-0.1, -0.05) is 17.7 Å². The topological polar surface area (TPSA) is 75.6 Å². The van der Waals surface area contributed by atoms with Crippen molar-refractivity contribution in [1.29, 1.82) is 0 Å². The maximum atomic E-state index is 11.8. The number of carboxylic acids is 1. The van der Waals surface area contributed by atoms with Gasteiger partial charge in [-0.25, -0.2) is 0 Å². The average Bonchev–Trinajstić information content (AvgIpc) is 2.40. The van der Waals surface area contributed by atoms with Crippen molar-refractivity contribution in [2.24, 2.45) is 0 Å². The van der Waals surface area contributed by atoms with Gasteiger partial charge in [0.25, 0.3) is 0 Å². The Morgan fingerprint density at radius 1 is 1.45 bits per heavy atom. The van der Waals surface area contributed by atoms with Crippen LogP contribution in [0.15, 0.2) is 18.2 Å². The van der Waals surface area contributed by atoms with Gasteiger partial charge in [-0.3, -0.25) is 9.59 Å². The van der Waals surface area contributed by atoms with Crippen LogP contribution >= 0.6 is 23.4 Å². The summed E-state index contributed by atoms with van der Waals surface area (Å²) in [5.74, 6) is 0.133. The molecule has 5 nitrogen and oxygen atoms in total. The molecule has 7 heteroatoms. The van der Waals surface area contributed by atoms with Crippen LogP contribution in [0.4, 0.5) is 0 Å². The van der Waals surface area contributed by atoms with Crippen LogP contribution in [0.2, 0.25) is 5.02 Å². The van der Waals surface area contributed by atoms with E-state index in [1.54, 1.807) is 18.2 Å². The Kier molecular flexibility index (Phi) is 7.25. The molecule has 2 N–H and O–H groups in total. The van der Waals surface area contributed by atoms with Crippen LogP contribution in [0.3, 0.4) is 0 Å². The molecule has 1 aromatic carbocycles. The molecule has 0 aliphatic rings. The van der Waals surface area contributed by atoms with Crippen molar-refractivity contribution in [3.63, 3.8) is 0 Å². The molecule has 0 atom stereocenters. The van der Waals surface area contributed by atoms with Crippen LogP contribution in [0.5, 0.6) is 5.75 Å². The van der Waals surface area contributed by atoms with Crippen molar-refractivity contribution in [1.82, 2.24) is 5.32 Å². The predicted octanol–water partition coefficient (Wildman–Crippen LogP) is 1.83. The minimum atomic E-state index is -0.859. The highest BCUT2D eigenvalue weighted by Gasteiger charge is 2.12. The van der Waals surface area contributed by atoms with Crippen LogP contribution in [0.25, 0.3) is 0 Å². The lowest BCUT2D eigenvalue weighted by Crippen LogP contribution is -2.27. The van der Waals surface area contributed by atoms with E-state index in [1.807, 2.05) is 0 Å². The minimum absolute atomic E-state index is 0.0359. The summed E-state index contributed by atoms with van der Waals surface area (Å²) in [7, 11) is 1.52. The maximum Gasteiger partial charge on any atom is 0.313 e. The molecule has 1 rings (SSSR count). The fourth-order valence-electron chi connectivity index (χ4n) is 1.55. The van der Waals surface area contributed by atoms with Gasteiger partial charge in [-0.05, 0) is 12.1 Å². The predicted molar refractivity (Wildman–Crippen MR) is 79.7 cm³/mol. The number of nitrogens with one attached hydrogen (secondary N) is 1. The zero-order chi connectivity index (χ0) is 15.0. The van der Waals surface area contributed by atoms with Crippen LogP contribution in [-0.2, 0) is 16.0 Å². The van der Waals surface area contributed by atoms with E-state index in [1.165, 1.54) is 18.9 Å². The van der Waals surface area contributed by atoms with Crippen LogP contribution in [0.1, 0.15) is 5.56 Å². The number of hydrogen-bond acceptors (Lipinski definition) is 4. The quantitative estimate of drug-likeness (QED) is 0.715. The van der Waals surface area contributed by atoms with Crippen molar-refractivity contribution < 1.29 is 19.4 Å². The fraction of sp³-hybridized carbons (Fsp3) is 0.385. The fourth-order valence-corrected chi connectivity index (χ4v) is 2.34. The average molecular weight is 318 g/mol. The van der Waals surface area contributed by atoms with E-state index in [0.29, 0.717) is 28.6 Å². The molecule has 0 aromatic heterocycles. The van der Waals surface area contributed by atoms with Crippen molar-refractivity contribution in [2.45, 2.75) is 6.42 Å². The summed E-state index contributed by atoms with van der Waals surface area (Å²) in [6.45, 7) is 0.420. The van der Waals surface area contributed by atoms with E-state index in [2.05, 4.69) is 5.32 Å². The number of rotatable bonds is 8. The highest BCUT2D eigenvalue weighted by molar-refractivity contribution is 7.99. The Morgan fingerprint density at radius 2 is 2.20 bits per heavy atom. The van der Waals surface area contributed by atoms with E-state index in [9.17, 15) is 9.59 Å². The summed E-state index contributed by atoms with van der Waals surface area (Å²) in [6.07, 6.45) is 0.131. The largest absolute Gasteiger partial charge is 0.496 e. The zero-order valence-corrected chi connectivity index (χ0v) is 12.6. The van der Waals surface area contributed by atoms with E-state index in [4.69, 9.17) is 21.4 Å². The van der Waals surface area contributed by atoms with Gasteiger partial charge in [-0.15, -0.1) is 11.8 Å². The molecule has 0 unspecified atom stereocenters. The van der Waals surface area contributed by atoms with Crippen LogP contribution in [-0.4, -0.2) is 42.1 Å². The zero-order valence-electron chi connectivity index (χ0n) is 11.0. The number of amides is 1. The summed E-state index contributed by atoms with van der Waals surface area (Å²) in [5.41, 5.74) is 0.646. The monoisotopic (exact) mass is 317 g/mol. The Hall–Kier alpha value is -1.40. The Morgan fingerprint density at radius 3 is 2.85 bits per heavy atom. The molecular formula is C13H16ClNO4S. The first-order valence-electron chi connectivity index (χ1n) is 5.92. The molecule has 0 fully saturated rings. The number of thioether (sulfide) groups is 1. The number of halogens is 1. The molecular weight excluding hydrogens is 302 g/mol. The van der Waals surface area contributed by atoms with Crippen LogP contribution in [0, 0.1) is 0 Å². The van der Waals surface area contributed by atoms with Crippen LogP contribution < -0.4 is 10.1 Å². The van der Waals surface area contributed by atoms with E-state index < -0.39 is 5.97 Å². The SMILES string of the molecule is COc1cccc(Cl)c1CC(=O)NCCSCC(=O)O. The summed E-state index contributed by atoms with van der Waals surface area (Å²) in [5, 5.41) is 11.7. The lowest BCUT2D eigenvalue weighted by atomic mass is 10.1. The third-order valence-corrected chi connectivity index (χ3v) is 3.73. The molecule has 0 heterocycles.